The molecule has 0 radical (unpaired) electrons. The lowest BCUT2D eigenvalue weighted by Gasteiger charge is -2.27. The van der Waals surface area contributed by atoms with Crippen LogP contribution < -0.4 is 4.72 Å². The van der Waals surface area contributed by atoms with Gasteiger partial charge in [0, 0.05) is 31.7 Å². The fraction of sp³-hybridized carbons (Fsp3) is 0.625. The zero-order valence-electron chi connectivity index (χ0n) is 13.5. The molecule has 0 heterocycles. The van der Waals surface area contributed by atoms with Crippen LogP contribution in [0.5, 0.6) is 0 Å². The molecule has 130 valence electrons. The van der Waals surface area contributed by atoms with Crippen molar-refractivity contribution in [3.8, 4) is 0 Å². The molecule has 0 saturated heterocycles. The maximum Gasteiger partial charge on any atom is 0.240 e. The molecule has 1 N–H and O–H groups in total. The average molecular weight is 362 g/mol. The zero-order chi connectivity index (χ0) is 16.9. The Bertz CT molecular complexity index is 581. The van der Waals surface area contributed by atoms with Gasteiger partial charge in [0.25, 0.3) is 0 Å². The summed E-state index contributed by atoms with van der Waals surface area (Å²) in [5.41, 5.74) is 0. The van der Waals surface area contributed by atoms with Gasteiger partial charge >= 0.3 is 0 Å². The lowest BCUT2D eigenvalue weighted by Crippen LogP contribution is -2.42. The molecule has 1 saturated carbocycles. The minimum atomic E-state index is -3.60. The van der Waals surface area contributed by atoms with Crippen molar-refractivity contribution in [2.45, 2.75) is 49.3 Å². The highest BCUT2D eigenvalue weighted by Crippen LogP contribution is 2.31. The number of hydrogen-bond acceptors (Lipinski definition) is 4. The van der Waals surface area contributed by atoms with Crippen molar-refractivity contribution in [2.75, 3.05) is 14.2 Å². The van der Waals surface area contributed by atoms with Crippen LogP contribution in [0.3, 0.4) is 0 Å². The largest absolute Gasteiger partial charge is 0.356 e. The molecular formula is C16H24ClNO4S. The van der Waals surface area contributed by atoms with Crippen molar-refractivity contribution < 1.29 is 17.9 Å². The van der Waals surface area contributed by atoms with E-state index in [4.69, 9.17) is 21.1 Å². The summed E-state index contributed by atoms with van der Waals surface area (Å²) >= 11 is 5.83. The number of methoxy groups -OCH3 is 2. The van der Waals surface area contributed by atoms with Crippen LogP contribution in [0.2, 0.25) is 5.02 Å². The molecule has 1 aromatic rings. The molecule has 7 heteroatoms. The predicted molar refractivity (Wildman–Crippen MR) is 89.9 cm³/mol. The first-order valence-corrected chi connectivity index (χ1v) is 9.66. The van der Waals surface area contributed by atoms with E-state index in [-0.39, 0.29) is 10.9 Å². The van der Waals surface area contributed by atoms with E-state index in [1.165, 1.54) is 12.1 Å². The Balaban J connectivity index is 2.16. The molecule has 1 fully saturated rings. The molecule has 23 heavy (non-hydrogen) atoms. The third-order valence-corrected chi connectivity index (χ3v) is 6.13. The highest BCUT2D eigenvalue weighted by Gasteiger charge is 2.31. The molecule has 5 nitrogen and oxygen atoms in total. The van der Waals surface area contributed by atoms with Gasteiger partial charge < -0.3 is 9.47 Å². The Morgan fingerprint density at radius 2 is 1.74 bits per heavy atom. The molecule has 2 rings (SSSR count). The Labute approximate surface area is 143 Å². The third-order valence-electron chi connectivity index (χ3n) is 4.37. The molecule has 1 aromatic carbocycles. The summed E-state index contributed by atoms with van der Waals surface area (Å²) in [6.45, 7) is 0. The van der Waals surface area contributed by atoms with Gasteiger partial charge in [0.1, 0.15) is 0 Å². The first-order valence-electron chi connectivity index (χ1n) is 7.79. The third kappa shape index (κ3) is 5.16. The van der Waals surface area contributed by atoms with Crippen LogP contribution in [-0.2, 0) is 19.5 Å². The Morgan fingerprint density at radius 1 is 1.17 bits per heavy atom. The van der Waals surface area contributed by atoms with Crippen LogP contribution in [0.15, 0.2) is 29.2 Å². The second-order valence-corrected chi connectivity index (χ2v) is 8.01. The van der Waals surface area contributed by atoms with Gasteiger partial charge in [-0.1, -0.05) is 24.4 Å². The second kappa shape index (κ2) is 8.44. The fourth-order valence-electron chi connectivity index (χ4n) is 3.07. The van der Waals surface area contributed by atoms with Gasteiger partial charge in [-0.3, -0.25) is 0 Å². The first-order chi connectivity index (χ1) is 11.0. The molecule has 1 aliphatic carbocycles. The molecule has 0 spiro atoms. The highest BCUT2D eigenvalue weighted by molar-refractivity contribution is 7.89. The molecule has 1 aliphatic rings. The summed E-state index contributed by atoms with van der Waals surface area (Å²) < 4.78 is 38.6. The Morgan fingerprint density at radius 3 is 2.26 bits per heavy atom. The molecule has 0 bridgehead atoms. The first kappa shape index (κ1) is 18.7. The van der Waals surface area contributed by atoms with Gasteiger partial charge in [0.15, 0.2) is 6.29 Å². The molecule has 1 unspecified atom stereocenters. The van der Waals surface area contributed by atoms with Crippen LogP contribution in [0, 0.1) is 5.92 Å². The van der Waals surface area contributed by atoms with Crippen LogP contribution in [0.4, 0.5) is 0 Å². The standard InChI is InChI=1S/C16H24ClNO4S/c1-21-16(22-2)11-15(12-5-3-4-6-12)18-23(19,20)14-9-7-13(17)8-10-14/h7-10,12,15-16,18H,3-6,11H2,1-2H3. The average Bonchev–Trinajstić information content (AvgIpc) is 3.06. The van der Waals surface area contributed by atoms with Crippen molar-refractivity contribution in [3.63, 3.8) is 0 Å². The SMILES string of the molecule is COC(CC(NS(=O)(=O)c1ccc(Cl)cc1)C1CCCC1)OC. The van der Waals surface area contributed by atoms with Crippen molar-refractivity contribution in [1.82, 2.24) is 4.72 Å². The molecule has 0 aliphatic heterocycles. The normalized spacial score (nSPS) is 17.7. The minimum absolute atomic E-state index is 0.205. The van der Waals surface area contributed by atoms with Crippen molar-refractivity contribution in [1.29, 1.82) is 0 Å². The molecular weight excluding hydrogens is 338 g/mol. The van der Waals surface area contributed by atoms with E-state index in [9.17, 15) is 8.42 Å². The van der Waals surface area contributed by atoms with E-state index in [0.717, 1.165) is 25.7 Å². The number of hydrogen-bond donors (Lipinski definition) is 1. The summed E-state index contributed by atoms with van der Waals surface area (Å²) in [5, 5.41) is 0.509. The summed E-state index contributed by atoms with van der Waals surface area (Å²) in [6, 6.07) is 5.98. The second-order valence-electron chi connectivity index (χ2n) is 5.86. The van der Waals surface area contributed by atoms with Crippen LogP contribution in [0.1, 0.15) is 32.1 Å². The van der Waals surface area contributed by atoms with E-state index in [1.807, 2.05) is 0 Å². The number of benzene rings is 1. The van der Waals surface area contributed by atoms with E-state index in [0.29, 0.717) is 17.4 Å². The number of halogens is 1. The Hall–Kier alpha value is -0.660. The van der Waals surface area contributed by atoms with Gasteiger partial charge in [-0.2, -0.15) is 0 Å². The number of nitrogens with one attached hydrogen (secondary N) is 1. The van der Waals surface area contributed by atoms with E-state index in [1.54, 1.807) is 26.4 Å². The minimum Gasteiger partial charge on any atom is -0.356 e. The van der Waals surface area contributed by atoms with Crippen LogP contribution in [-0.4, -0.2) is 35.0 Å². The summed E-state index contributed by atoms with van der Waals surface area (Å²) in [6.07, 6.45) is 4.38. The van der Waals surface area contributed by atoms with Crippen molar-refractivity contribution >= 4 is 21.6 Å². The van der Waals surface area contributed by atoms with Crippen LogP contribution >= 0.6 is 11.6 Å². The quantitative estimate of drug-likeness (QED) is 0.722. The number of ether oxygens (including phenoxy) is 2. The lowest BCUT2D eigenvalue weighted by atomic mass is 9.96. The van der Waals surface area contributed by atoms with Gasteiger partial charge in [-0.25, -0.2) is 13.1 Å². The summed E-state index contributed by atoms with van der Waals surface area (Å²) in [5.74, 6) is 0.310. The van der Waals surface area contributed by atoms with E-state index < -0.39 is 16.3 Å². The lowest BCUT2D eigenvalue weighted by molar-refractivity contribution is -0.112. The number of rotatable bonds is 8. The van der Waals surface area contributed by atoms with E-state index in [2.05, 4.69) is 4.72 Å². The topological polar surface area (TPSA) is 64.6 Å². The van der Waals surface area contributed by atoms with Gasteiger partial charge in [0.2, 0.25) is 10.0 Å². The number of sulfonamides is 1. The molecule has 0 aromatic heterocycles. The predicted octanol–water partition coefficient (Wildman–Crippen LogP) is 3.19. The van der Waals surface area contributed by atoms with Crippen molar-refractivity contribution in [2.24, 2.45) is 5.92 Å². The maximum absolute atomic E-state index is 12.6. The van der Waals surface area contributed by atoms with Gasteiger partial charge in [0.05, 0.1) is 4.90 Å². The zero-order valence-corrected chi connectivity index (χ0v) is 15.1. The fourth-order valence-corrected chi connectivity index (χ4v) is 4.52. The van der Waals surface area contributed by atoms with Gasteiger partial charge in [-0.15, -0.1) is 0 Å². The summed E-state index contributed by atoms with van der Waals surface area (Å²) in [7, 11) is -0.469. The van der Waals surface area contributed by atoms with Gasteiger partial charge in [-0.05, 0) is 43.0 Å². The van der Waals surface area contributed by atoms with Crippen LogP contribution in [0.25, 0.3) is 0 Å². The monoisotopic (exact) mass is 361 g/mol. The smallest absolute Gasteiger partial charge is 0.240 e. The highest BCUT2D eigenvalue weighted by atomic mass is 35.5. The molecule has 1 atom stereocenters. The molecule has 0 amide bonds. The van der Waals surface area contributed by atoms with E-state index >= 15 is 0 Å². The maximum atomic E-state index is 12.6. The Kier molecular flexibility index (Phi) is 6.85. The van der Waals surface area contributed by atoms with Crippen molar-refractivity contribution in [3.05, 3.63) is 29.3 Å². The summed E-state index contributed by atoms with van der Waals surface area (Å²) in [4.78, 5) is 0.219.